The van der Waals surface area contributed by atoms with Crippen LogP contribution in [0.1, 0.15) is 23.8 Å². The van der Waals surface area contributed by atoms with Crippen LogP contribution in [0.15, 0.2) is 0 Å². The summed E-state index contributed by atoms with van der Waals surface area (Å²) >= 11 is 0. The van der Waals surface area contributed by atoms with Gasteiger partial charge in [0, 0.05) is 16.5 Å². The van der Waals surface area contributed by atoms with Crippen LogP contribution in [-0.2, 0) is 13.9 Å². The number of hydrogen-bond donors (Lipinski definition) is 1. The summed E-state index contributed by atoms with van der Waals surface area (Å²) in [6.07, 6.45) is -2.08. The molecule has 7 nitrogen and oxygen atoms in total. The summed E-state index contributed by atoms with van der Waals surface area (Å²) in [5.74, 6) is -1.82. The van der Waals surface area contributed by atoms with Crippen molar-refractivity contribution in [3.63, 3.8) is 0 Å². The molecule has 0 saturated heterocycles. The standard InChI is InChI=1S/C6H13O7P.3Li/c1-6(9,4-5(7)8)2-3-13-14(10,11)12;;;/h9H,2-4H2,1H3,(H,7,8)(H2,10,11,12);;;/q;3*+1/p-3/i1+1D3;;;. The SMILES string of the molecule is [2H][13C]([2H])([2H])C(O)(CCOP(=O)([O-])[O-])CC(=O)[O-].[Li+].[Li+].[Li+]. The molecule has 84 valence electrons. The molecule has 0 amide bonds. The molecule has 0 spiro atoms. The minimum absolute atomic E-state index is 0. The van der Waals surface area contributed by atoms with Gasteiger partial charge in [-0.2, -0.15) is 0 Å². The summed E-state index contributed by atoms with van der Waals surface area (Å²) in [5.41, 5.74) is -2.71. The zero-order valence-electron chi connectivity index (χ0n) is 13.0. The fourth-order valence-electron chi connectivity index (χ4n) is 0.653. The van der Waals surface area contributed by atoms with Gasteiger partial charge >= 0.3 is 56.6 Å². The molecule has 17 heavy (non-hydrogen) atoms. The summed E-state index contributed by atoms with van der Waals surface area (Å²) in [5, 5.41) is 19.8. The van der Waals surface area contributed by atoms with Crippen molar-refractivity contribution >= 4 is 13.8 Å². The van der Waals surface area contributed by atoms with Gasteiger partial charge in [-0.25, -0.2) is 0 Å². The zero-order valence-corrected chi connectivity index (χ0v) is 10.9. The van der Waals surface area contributed by atoms with Crippen LogP contribution in [0.5, 0.6) is 0 Å². The van der Waals surface area contributed by atoms with Crippen LogP contribution in [0, 0.1) is 0 Å². The van der Waals surface area contributed by atoms with Crippen molar-refractivity contribution in [1.82, 2.24) is 0 Å². The van der Waals surface area contributed by atoms with Crippen LogP contribution >= 0.6 is 7.82 Å². The Morgan fingerprint density at radius 3 is 2.24 bits per heavy atom. The summed E-state index contributed by atoms with van der Waals surface area (Å²) in [4.78, 5) is 30.5. The number of aliphatic carboxylic acids is 1. The Hall–Kier alpha value is 1.33. The van der Waals surface area contributed by atoms with E-state index in [-0.39, 0.29) is 56.6 Å². The summed E-state index contributed by atoms with van der Waals surface area (Å²) in [6, 6.07) is 0. The van der Waals surface area contributed by atoms with Gasteiger partial charge < -0.3 is 33.9 Å². The maximum Gasteiger partial charge on any atom is 1.00 e. The number of carboxylic acid groups (broad SMARTS) is 1. The van der Waals surface area contributed by atoms with E-state index in [4.69, 9.17) is 4.11 Å². The number of phosphoric ester groups is 1. The van der Waals surface area contributed by atoms with E-state index < -0.39 is 45.7 Å². The van der Waals surface area contributed by atoms with Gasteiger partial charge in [0.2, 0.25) is 0 Å². The molecule has 0 aromatic carbocycles. The van der Waals surface area contributed by atoms with Gasteiger partial charge in [-0.15, -0.1) is 0 Å². The molecule has 11 heteroatoms. The maximum absolute atomic E-state index is 10.3. The van der Waals surface area contributed by atoms with Crippen molar-refractivity contribution in [2.75, 3.05) is 6.61 Å². The largest absolute Gasteiger partial charge is 1.00 e. The predicted molar refractivity (Wildman–Crippen MR) is 38.4 cm³/mol. The number of aliphatic hydroxyl groups is 1. The molecule has 0 heterocycles. The van der Waals surface area contributed by atoms with Gasteiger partial charge in [0.05, 0.1) is 20.0 Å². The first-order valence-corrected chi connectivity index (χ1v) is 4.92. The Balaban J connectivity index is -0.000000427. The minimum atomic E-state index is -5.30. The number of rotatable bonds is 6. The third kappa shape index (κ3) is 19.8. The average molecular weight is 250 g/mol. The Bertz CT molecular complexity index is 336. The topological polar surface area (TPSA) is 133 Å². The van der Waals surface area contributed by atoms with Gasteiger partial charge in [0.1, 0.15) is 0 Å². The van der Waals surface area contributed by atoms with Crippen molar-refractivity contribution in [2.45, 2.75) is 25.3 Å². The van der Waals surface area contributed by atoms with Crippen LogP contribution in [0.25, 0.3) is 0 Å². The number of hydrogen-bond acceptors (Lipinski definition) is 7. The fourth-order valence-corrected chi connectivity index (χ4v) is 0.968. The van der Waals surface area contributed by atoms with E-state index in [1.165, 1.54) is 0 Å². The second-order valence-corrected chi connectivity index (χ2v) is 3.76. The monoisotopic (exact) mass is 250 g/mol. The van der Waals surface area contributed by atoms with Crippen molar-refractivity contribution in [1.29, 1.82) is 0 Å². The molecule has 0 aromatic heterocycles. The van der Waals surface area contributed by atoms with E-state index >= 15 is 0 Å². The molecule has 0 aromatic rings. The first-order chi connectivity index (χ1) is 7.37. The number of carbonyl (C=O) groups excluding carboxylic acids is 1. The average Bonchev–Trinajstić information content (AvgIpc) is 1.96. The van der Waals surface area contributed by atoms with E-state index in [0.29, 0.717) is 0 Å². The molecule has 0 aliphatic heterocycles. The van der Waals surface area contributed by atoms with Crippen LogP contribution in [0.4, 0.5) is 0 Å². The van der Waals surface area contributed by atoms with E-state index in [2.05, 4.69) is 4.52 Å². The molecule has 1 N–H and O–H groups in total. The van der Waals surface area contributed by atoms with E-state index in [1.54, 1.807) is 0 Å². The molecule has 0 radical (unpaired) electrons. The number of carbonyl (C=O) groups is 1. The molecule has 1 unspecified atom stereocenters. The van der Waals surface area contributed by atoms with Gasteiger partial charge in [-0.1, -0.05) is 0 Å². The summed E-state index contributed by atoms with van der Waals surface area (Å²) in [7, 11) is -5.30. The molecule has 1 atom stereocenters. The molecular formula is C6H10Li3O7P. The molecule has 0 rings (SSSR count). The molecular weight excluding hydrogens is 237 g/mol. The summed E-state index contributed by atoms with van der Waals surface area (Å²) in [6.45, 7) is -4.00. The van der Waals surface area contributed by atoms with Gasteiger partial charge in [0.15, 0.2) is 0 Å². The molecule has 0 fully saturated rings. The maximum atomic E-state index is 10.3. The molecule has 0 saturated carbocycles. The van der Waals surface area contributed by atoms with Crippen LogP contribution in [-0.4, -0.2) is 23.3 Å². The van der Waals surface area contributed by atoms with E-state index in [9.17, 15) is 29.4 Å². The summed E-state index contributed by atoms with van der Waals surface area (Å²) < 4.78 is 34.6. The predicted octanol–water partition coefficient (Wildman–Crippen LogP) is -11.9. The van der Waals surface area contributed by atoms with Crippen molar-refractivity contribution in [3.05, 3.63) is 0 Å². The Morgan fingerprint density at radius 1 is 1.47 bits per heavy atom. The van der Waals surface area contributed by atoms with Gasteiger partial charge in [0.25, 0.3) is 0 Å². The van der Waals surface area contributed by atoms with Crippen molar-refractivity contribution in [2.24, 2.45) is 0 Å². The first-order valence-electron chi connectivity index (χ1n) is 4.96. The number of carboxylic acids is 1. The Morgan fingerprint density at radius 2 is 1.94 bits per heavy atom. The Labute approximate surface area is 140 Å². The Kier molecular flexibility index (Phi) is 12.1. The molecule has 0 aliphatic rings. The normalized spacial score (nSPS) is 16.8. The van der Waals surface area contributed by atoms with Gasteiger partial charge in [-0.05, 0) is 13.3 Å². The van der Waals surface area contributed by atoms with Crippen molar-refractivity contribution in [3.8, 4) is 0 Å². The van der Waals surface area contributed by atoms with Gasteiger partial charge in [-0.3, -0.25) is 0 Å². The fraction of sp³-hybridized carbons (Fsp3) is 0.833. The molecule has 0 bridgehead atoms. The second kappa shape index (κ2) is 11.2. The van der Waals surface area contributed by atoms with Crippen LogP contribution < -0.4 is 71.5 Å². The van der Waals surface area contributed by atoms with Crippen LogP contribution in [0.2, 0.25) is 0 Å². The quantitative estimate of drug-likeness (QED) is 0.281. The van der Waals surface area contributed by atoms with E-state index in [1.807, 2.05) is 0 Å². The van der Waals surface area contributed by atoms with E-state index in [0.717, 1.165) is 0 Å². The third-order valence-electron chi connectivity index (χ3n) is 1.20. The van der Waals surface area contributed by atoms with Crippen LogP contribution in [0.3, 0.4) is 0 Å². The second-order valence-electron chi connectivity index (χ2n) is 2.61. The smallest absolute Gasteiger partial charge is 0.790 e. The minimum Gasteiger partial charge on any atom is -0.790 e. The zero-order chi connectivity index (χ0) is 13.9. The first kappa shape index (κ1) is 18.3. The third-order valence-corrected chi connectivity index (χ3v) is 1.70. The van der Waals surface area contributed by atoms with Crippen molar-refractivity contribution < 1.29 is 94.6 Å². The number of phosphoric acid groups is 1. The molecule has 0 aliphatic carbocycles.